The fourth-order valence-corrected chi connectivity index (χ4v) is 3.10. The number of benzene rings is 3. The van der Waals surface area contributed by atoms with Crippen molar-refractivity contribution >= 4 is 29.0 Å². The van der Waals surface area contributed by atoms with Gasteiger partial charge < -0.3 is 5.73 Å². The SMILES string of the molecule is NC(=O)c1ccccc1-c1ccccc1C=Cc1n[nH]c2ccccc12. The van der Waals surface area contributed by atoms with Gasteiger partial charge in [-0.2, -0.15) is 5.10 Å². The van der Waals surface area contributed by atoms with Crippen LogP contribution in [0.1, 0.15) is 21.6 Å². The molecule has 0 spiro atoms. The van der Waals surface area contributed by atoms with Gasteiger partial charge in [-0.15, -0.1) is 0 Å². The third-order valence-corrected chi connectivity index (χ3v) is 4.36. The lowest BCUT2D eigenvalue weighted by atomic mass is 9.94. The summed E-state index contributed by atoms with van der Waals surface area (Å²) in [6, 6.07) is 23.3. The van der Waals surface area contributed by atoms with Gasteiger partial charge in [-0.05, 0) is 34.9 Å². The summed E-state index contributed by atoms with van der Waals surface area (Å²) in [5, 5.41) is 8.47. The minimum atomic E-state index is -0.433. The number of primary amides is 1. The molecule has 3 aromatic carbocycles. The summed E-state index contributed by atoms with van der Waals surface area (Å²) < 4.78 is 0. The largest absolute Gasteiger partial charge is 0.366 e. The van der Waals surface area contributed by atoms with E-state index in [1.54, 1.807) is 6.07 Å². The third kappa shape index (κ3) is 2.89. The molecule has 0 fully saturated rings. The van der Waals surface area contributed by atoms with Crippen molar-refractivity contribution in [1.29, 1.82) is 0 Å². The molecule has 4 heteroatoms. The zero-order valence-corrected chi connectivity index (χ0v) is 14.0. The molecule has 0 aliphatic heterocycles. The van der Waals surface area contributed by atoms with Gasteiger partial charge in [0, 0.05) is 10.9 Å². The van der Waals surface area contributed by atoms with Crippen LogP contribution in [-0.2, 0) is 0 Å². The number of fused-ring (bicyclic) bond motifs is 1. The van der Waals surface area contributed by atoms with Crippen molar-refractivity contribution in [3.05, 3.63) is 89.6 Å². The summed E-state index contributed by atoms with van der Waals surface area (Å²) in [5.74, 6) is -0.433. The lowest BCUT2D eigenvalue weighted by Crippen LogP contribution is -2.12. The van der Waals surface area contributed by atoms with Gasteiger partial charge in [0.25, 0.3) is 0 Å². The second-order valence-corrected chi connectivity index (χ2v) is 5.98. The topological polar surface area (TPSA) is 71.8 Å². The van der Waals surface area contributed by atoms with Crippen molar-refractivity contribution in [1.82, 2.24) is 10.2 Å². The Labute approximate surface area is 151 Å². The first-order chi connectivity index (χ1) is 12.7. The zero-order valence-electron chi connectivity index (χ0n) is 14.0. The fraction of sp³-hybridized carbons (Fsp3) is 0. The van der Waals surface area contributed by atoms with Crippen LogP contribution in [-0.4, -0.2) is 16.1 Å². The Morgan fingerprint density at radius 3 is 2.38 bits per heavy atom. The van der Waals surface area contributed by atoms with Crippen LogP contribution in [0.2, 0.25) is 0 Å². The first-order valence-electron chi connectivity index (χ1n) is 8.33. The first-order valence-corrected chi connectivity index (χ1v) is 8.33. The second kappa shape index (κ2) is 6.69. The molecule has 0 aliphatic rings. The van der Waals surface area contributed by atoms with Gasteiger partial charge in [0.1, 0.15) is 0 Å². The molecule has 126 valence electrons. The number of carbonyl (C=O) groups is 1. The number of nitrogens with one attached hydrogen (secondary N) is 1. The summed E-state index contributed by atoms with van der Waals surface area (Å²) in [6.45, 7) is 0. The molecule has 4 aromatic rings. The van der Waals surface area contributed by atoms with Gasteiger partial charge >= 0.3 is 0 Å². The number of H-pyrrole nitrogens is 1. The second-order valence-electron chi connectivity index (χ2n) is 5.98. The Bertz CT molecular complexity index is 1120. The van der Waals surface area contributed by atoms with E-state index in [0.29, 0.717) is 5.56 Å². The standard InChI is InChI=1S/C22H17N3O/c23-22(26)18-10-4-3-9-17(18)16-8-2-1-7-15(16)13-14-21-19-11-5-6-12-20(19)24-25-21/h1-14H,(H2,23,26)(H,24,25). The molecule has 0 atom stereocenters. The van der Waals surface area contributed by atoms with Crippen LogP contribution >= 0.6 is 0 Å². The van der Waals surface area contributed by atoms with E-state index in [1.165, 1.54) is 0 Å². The van der Waals surface area contributed by atoms with Crippen molar-refractivity contribution in [2.24, 2.45) is 5.73 Å². The van der Waals surface area contributed by atoms with Crippen molar-refractivity contribution < 1.29 is 4.79 Å². The Morgan fingerprint density at radius 1 is 0.846 bits per heavy atom. The van der Waals surface area contributed by atoms with E-state index in [-0.39, 0.29) is 0 Å². The van der Waals surface area contributed by atoms with Crippen LogP contribution in [0, 0.1) is 0 Å². The van der Waals surface area contributed by atoms with Gasteiger partial charge in [-0.1, -0.05) is 66.7 Å². The van der Waals surface area contributed by atoms with E-state index < -0.39 is 5.91 Å². The Kier molecular flexibility index (Phi) is 4.07. The van der Waals surface area contributed by atoms with Gasteiger partial charge in [0.05, 0.1) is 11.2 Å². The minimum absolute atomic E-state index is 0.433. The maximum atomic E-state index is 11.8. The van der Waals surface area contributed by atoms with Crippen molar-refractivity contribution in [3.8, 4) is 11.1 Å². The highest BCUT2D eigenvalue weighted by Gasteiger charge is 2.11. The van der Waals surface area contributed by atoms with Crippen molar-refractivity contribution in [2.75, 3.05) is 0 Å². The van der Waals surface area contributed by atoms with Crippen LogP contribution in [0.15, 0.2) is 72.8 Å². The molecule has 0 aliphatic carbocycles. The van der Waals surface area contributed by atoms with Crippen LogP contribution < -0.4 is 5.73 Å². The smallest absolute Gasteiger partial charge is 0.249 e. The highest BCUT2D eigenvalue weighted by Crippen LogP contribution is 2.28. The van der Waals surface area contributed by atoms with Crippen LogP contribution in [0.4, 0.5) is 0 Å². The summed E-state index contributed by atoms with van der Waals surface area (Å²) >= 11 is 0. The summed E-state index contributed by atoms with van der Waals surface area (Å²) in [5.41, 5.74) is 10.7. The van der Waals surface area contributed by atoms with Gasteiger partial charge in [0.15, 0.2) is 0 Å². The summed E-state index contributed by atoms with van der Waals surface area (Å²) in [7, 11) is 0. The zero-order chi connectivity index (χ0) is 17.9. The average Bonchev–Trinajstić information content (AvgIpc) is 3.10. The molecule has 3 N–H and O–H groups in total. The fourth-order valence-electron chi connectivity index (χ4n) is 3.10. The quantitative estimate of drug-likeness (QED) is 0.574. The number of para-hydroxylation sites is 1. The number of nitrogens with two attached hydrogens (primary N) is 1. The van der Waals surface area contributed by atoms with E-state index in [9.17, 15) is 4.79 Å². The van der Waals surface area contributed by atoms with Gasteiger partial charge in [-0.3, -0.25) is 9.89 Å². The average molecular weight is 339 g/mol. The Balaban J connectivity index is 1.79. The van der Waals surface area contributed by atoms with E-state index in [1.807, 2.05) is 78.9 Å². The number of rotatable bonds is 4. The third-order valence-electron chi connectivity index (χ3n) is 4.36. The molecule has 1 aromatic heterocycles. The van der Waals surface area contributed by atoms with E-state index in [2.05, 4.69) is 10.2 Å². The van der Waals surface area contributed by atoms with Crippen LogP contribution in [0.5, 0.6) is 0 Å². The van der Waals surface area contributed by atoms with Crippen LogP contribution in [0.3, 0.4) is 0 Å². The number of aromatic nitrogens is 2. The number of nitrogens with zero attached hydrogens (tertiary/aromatic N) is 1. The van der Waals surface area contributed by atoms with E-state index >= 15 is 0 Å². The molecule has 0 saturated heterocycles. The summed E-state index contributed by atoms with van der Waals surface area (Å²) in [4.78, 5) is 11.8. The molecular weight excluding hydrogens is 322 g/mol. The minimum Gasteiger partial charge on any atom is -0.366 e. The van der Waals surface area contributed by atoms with Crippen molar-refractivity contribution in [2.45, 2.75) is 0 Å². The number of aromatic amines is 1. The number of amides is 1. The lowest BCUT2D eigenvalue weighted by molar-refractivity contribution is 0.100. The number of carbonyl (C=O) groups excluding carboxylic acids is 1. The molecule has 0 bridgehead atoms. The maximum absolute atomic E-state index is 11.8. The van der Waals surface area contributed by atoms with Gasteiger partial charge in [-0.25, -0.2) is 0 Å². The maximum Gasteiger partial charge on any atom is 0.249 e. The first kappa shape index (κ1) is 15.8. The molecule has 4 nitrogen and oxygen atoms in total. The highest BCUT2D eigenvalue weighted by atomic mass is 16.1. The van der Waals surface area contributed by atoms with Crippen LogP contribution in [0.25, 0.3) is 34.2 Å². The highest BCUT2D eigenvalue weighted by molar-refractivity contribution is 6.01. The molecular formula is C22H17N3O. The lowest BCUT2D eigenvalue weighted by Gasteiger charge is -2.10. The monoisotopic (exact) mass is 339 g/mol. The molecule has 0 unspecified atom stereocenters. The normalized spacial score (nSPS) is 11.2. The number of hydrogen-bond acceptors (Lipinski definition) is 2. The van der Waals surface area contributed by atoms with Crippen molar-refractivity contribution in [3.63, 3.8) is 0 Å². The molecule has 1 amide bonds. The predicted molar refractivity (Wildman–Crippen MR) is 105 cm³/mol. The Morgan fingerprint density at radius 2 is 1.54 bits per heavy atom. The molecule has 26 heavy (non-hydrogen) atoms. The molecule has 0 radical (unpaired) electrons. The van der Waals surface area contributed by atoms with E-state index in [4.69, 9.17) is 5.73 Å². The predicted octanol–water partition coefficient (Wildman–Crippen LogP) is 4.50. The molecule has 1 heterocycles. The molecule has 0 saturated carbocycles. The summed E-state index contributed by atoms with van der Waals surface area (Å²) in [6.07, 6.45) is 3.99. The molecule has 4 rings (SSSR count). The van der Waals surface area contributed by atoms with Gasteiger partial charge in [0.2, 0.25) is 5.91 Å². The Hall–Kier alpha value is -3.66. The number of hydrogen-bond donors (Lipinski definition) is 2. The van der Waals surface area contributed by atoms with E-state index in [0.717, 1.165) is 33.3 Å².